The lowest BCUT2D eigenvalue weighted by Crippen LogP contribution is -2.60. The van der Waals surface area contributed by atoms with Crippen molar-refractivity contribution in [1.82, 2.24) is 0 Å². The van der Waals surface area contributed by atoms with Gasteiger partial charge < -0.3 is 64.2 Å². The van der Waals surface area contributed by atoms with E-state index in [9.17, 15) is 50.1 Å². The number of aliphatic hydroxyl groups is 4. The summed E-state index contributed by atoms with van der Waals surface area (Å²) in [6, 6.07) is 6.15. The largest absolute Gasteiger partial charge is 0.504 e. The van der Waals surface area contributed by atoms with Gasteiger partial charge in [-0.2, -0.15) is 0 Å². The summed E-state index contributed by atoms with van der Waals surface area (Å²) in [5.74, 6) is -4.99. The molecule has 1 aliphatic rings. The number of carboxylic acid groups (broad SMARTS) is 1. The molecule has 0 amide bonds. The first-order valence-electron chi connectivity index (χ1n) is 13.0. The molecule has 2 heterocycles. The summed E-state index contributed by atoms with van der Waals surface area (Å²) in [5, 5.41) is 80.7. The van der Waals surface area contributed by atoms with E-state index in [4.69, 9.17) is 28.5 Å². The molecule has 0 saturated carbocycles. The number of ether oxygens (including phenoxy) is 4. The minimum atomic E-state index is -1.94. The zero-order valence-electron chi connectivity index (χ0n) is 23.2. The number of benzene rings is 2. The number of carboxylic acids is 1. The fraction of sp³-hybridized carbons (Fsp3) is 0.393. The molecule has 1 fully saturated rings. The number of rotatable bonds is 10. The molecular formula is C28H30O16. The Labute approximate surface area is 247 Å². The van der Waals surface area contributed by atoms with Crippen molar-refractivity contribution in [2.24, 2.45) is 0 Å². The van der Waals surface area contributed by atoms with Gasteiger partial charge in [-0.1, -0.05) is 0 Å². The SMILES string of the molecule is COc1cc(-c2cc(=O)c3c(O)c(O)c(O[C@@H]4O[C@H](COC(=O)C[C@@](C)(O)CC(=O)O)[C@@H](O)[C@H](O)[C@H]4O)cc3o2)ccc1O. The molecule has 16 nitrogen and oxygen atoms in total. The van der Waals surface area contributed by atoms with Crippen LogP contribution in [0.25, 0.3) is 22.3 Å². The first-order chi connectivity index (χ1) is 20.6. The molecule has 238 valence electrons. The second kappa shape index (κ2) is 12.6. The van der Waals surface area contributed by atoms with E-state index in [2.05, 4.69) is 0 Å². The number of aliphatic carboxylic acids is 1. The standard InChI is InChI=1S/C28H30O16/c1-28(39,8-19(31)32)9-20(33)41-10-18-23(35)25(37)26(38)27(44-18)43-17-7-16-21(24(36)22(17)34)13(30)6-14(42-16)11-3-4-12(29)15(5-11)40-2/h3-7,18,23,25-27,29,34-39H,8-10H2,1-2H3,(H,31,32)/t18-,23-,25+,26-,27-,28+/m1/s1. The number of carbonyl (C=O) groups is 2. The van der Waals surface area contributed by atoms with E-state index in [0.29, 0.717) is 5.56 Å². The average molecular weight is 623 g/mol. The van der Waals surface area contributed by atoms with Crippen molar-refractivity contribution in [1.29, 1.82) is 0 Å². The monoisotopic (exact) mass is 622 g/mol. The first-order valence-corrected chi connectivity index (χ1v) is 13.0. The Kier molecular flexibility index (Phi) is 9.22. The van der Waals surface area contributed by atoms with Gasteiger partial charge in [0.15, 0.2) is 28.4 Å². The lowest BCUT2D eigenvalue weighted by Gasteiger charge is -2.40. The Morgan fingerprint density at radius 1 is 0.955 bits per heavy atom. The van der Waals surface area contributed by atoms with Crippen LogP contribution in [0.1, 0.15) is 19.8 Å². The normalized spacial score (nSPS) is 23.1. The van der Waals surface area contributed by atoms with Crippen LogP contribution >= 0.6 is 0 Å². The van der Waals surface area contributed by atoms with E-state index in [1.165, 1.54) is 25.3 Å². The molecule has 1 saturated heterocycles. The molecule has 44 heavy (non-hydrogen) atoms. The number of phenolic OH excluding ortho intramolecular Hbond substituents is 3. The highest BCUT2D eigenvalue weighted by molar-refractivity contribution is 5.89. The van der Waals surface area contributed by atoms with E-state index in [1.807, 2.05) is 0 Å². The highest BCUT2D eigenvalue weighted by Crippen LogP contribution is 2.43. The Hall–Kier alpha value is -4.61. The first kappa shape index (κ1) is 32.3. The number of carbonyl (C=O) groups excluding carboxylic acids is 1. The molecule has 4 rings (SSSR count). The summed E-state index contributed by atoms with van der Waals surface area (Å²) >= 11 is 0. The summed E-state index contributed by atoms with van der Waals surface area (Å²) in [6.45, 7) is 0.381. The maximum Gasteiger partial charge on any atom is 0.308 e. The van der Waals surface area contributed by atoms with E-state index < -0.39 is 95.8 Å². The van der Waals surface area contributed by atoms with Crippen molar-refractivity contribution in [3.63, 3.8) is 0 Å². The quantitative estimate of drug-likeness (QED) is 0.109. The van der Waals surface area contributed by atoms with Crippen LogP contribution in [0, 0.1) is 0 Å². The summed E-state index contributed by atoms with van der Waals surface area (Å²) in [7, 11) is 1.32. The van der Waals surface area contributed by atoms with Crippen molar-refractivity contribution in [2.45, 2.75) is 56.1 Å². The number of aromatic hydroxyl groups is 3. The number of hydrogen-bond acceptors (Lipinski definition) is 15. The van der Waals surface area contributed by atoms with Crippen molar-refractivity contribution >= 4 is 22.9 Å². The van der Waals surface area contributed by atoms with Crippen LogP contribution in [0.2, 0.25) is 0 Å². The lowest BCUT2D eigenvalue weighted by atomic mass is 9.98. The molecule has 0 spiro atoms. The topological polar surface area (TPSA) is 263 Å². The fourth-order valence-electron chi connectivity index (χ4n) is 4.53. The van der Waals surface area contributed by atoms with Gasteiger partial charge in [-0.15, -0.1) is 0 Å². The minimum absolute atomic E-state index is 0.0199. The van der Waals surface area contributed by atoms with Gasteiger partial charge in [-0.05, 0) is 25.1 Å². The zero-order valence-corrected chi connectivity index (χ0v) is 23.2. The average Bonchev–Trinajstić information content (AvgIpc) is 2.94. The molecule has 0 bridgehead atoms. The third-order valence-corrected chi connectivity index (χ3v) is 6.77. The number of aliphatic hydroxyl groups excluding tert-OH is 3. The second-order valence-corrected chi connectivity index (χ2v) is 10.4. The maximum absolute atomic E-state index is 12.8. The predicted octanol–water partition coefficient (Wildman–Crippen LogP) is -0.0692. The Morgan fingerprint density at radius 2 is 1.66 bits per heavy atom. The molecule has 2 aromatic carbocycles. The van der Waals surface area contributed by atoms with Gasteiger partial charge in [0, 0.05) is 17.7 Å². The smallest absolute Gasteiger partial charge is 0.308 e. The molecule has 0 radical (unpaired) electrons. The third kappa shape index (κ3) is 6.79. The van der Waals surface area contributed by atoms with Crippen LogP contribution in [0.5, 0.6) is 28.7 Å². The number of methoxy groups -OCH3 is 1. The van der Waals surface area contributed by atoms with Crippen LogP contribution < -0.4 is 14.9 Å². The molecule has 16 heteroatoms. The van der Waals surface area contributed by atoms with Crippen LogP contribution in [-0.2, 0) is 19.1 Å². The van der Waals surface area contributed by atoms with Crippen LogP contribution in [-0.4, -0.2) is 103 Å². The number of phenols is 3. The van der Waals surface area contributed by atoms with Crippen molar-refractivity contribution in [3.05, 3.63) is 40.6 Å². The van der Waals surface area contributed by atoms with Crippen molar-refractivity contribution in [3.8, 4) is 40.1 Å². The Balaban J connectivity index is 1.58. The lowest BCUT2D eigenvalue weighted by molar-refractivity contribution is -0.278. The number of hydrogen-bond donors (Lipinski definition) is 8. The number of esters is 1. The summed E-state index contributed by atoms with van der Waals surface area (Å²) < 4.78 is 26.7. The van der Waals surface area contributed by atoms with Gasteiger partial charge >= 0.3 is 11.9 Å². The predicted molar refractivity (Wildman–Crippen MR) is 145 cm³/mol. The molecular weight excluding hydrogens is 592 g/mol. The highest BCUT2D eigenvalue weighted by Gasteiger charge is 2.46. The minimum Gasteiger partial charge on any atom is -0.504 e. The Morgan fingerprint density at radius 3 is 2.32 bits per heavy atom. The maximum atomic E-state index is 12.8. The van der Waals surface area contributed by atoms with Crippen LogP contribution in [0.4, 0.5) is 0 Å². The third-order valence-electron chi connectivity index (χ3n) is 6.77. The van der Waals surface area contributed by atoms with Crippen molar-refractivity contribution in [2.75, 3.05) is 13.7 Å². The Bertz CT molecular complexity index is 1610. The summed E-state index contributed by atoms with van der Waals surface area (Å²) in [4.78, 5) is 35.8. The molecule has 1 aliphatic heterocycles. The van der Waals surface area contributed by atoms with Crippen LogP contribution in [0.3, 0.4) is 0 Å². The molecule has 1 aromatic heterocycles. The van der Waals surface area contributed by atoms with E-state index in [-0.39, 0.29) is 22.8 Å². The van der Waals surface area contributed by atoms with Crippen LogP contribution in [0.15, 0.2) is 39.5 Å². The summed E-state index contributed by atoms with van der Waals surface area (Å²) in [6.07, 6.45) is -10.5. The van der Waals surface area contributed by atoms with Gasteiger partial charge in [0.25, 0.3) is 0 Å². The molecule has 0 unspecified atom stereocenters. The van der Waals surface area contributed by atoms with E-state index in [0.717, 1.165) is 19.1 Å². The van der Waals surface area contributed by atoms with E-state index in [1.54, 1.807) is 0 Å². The number of fused-ring (bicyclic) bond motifs is 1. The molecule has 3 aromatic rings. The molecule has 8 N–H and O–H groups in total. The zero-order chi connectivity index (χ0) is 32.5. The van der Waals surface area contributed by atoms with Gasteiger partial charge in [-0.3, -0.25) is 14.4 Å². The van der Waals surface area contributed by atoms with Crippen molar-refractivity contribution < 1.29 is 73.8 Å². The van der Waals surface area contributed by atoms with Gasteiger partial charge in [0.1, 0.15) is 47.8 Å². The van der Waals surface area contributed by atoms with E-state index >= 15 is 0 Å². The second-order valence-electron chi connectivity index (χ2n) is 10.4. The molecule has 0 aliphatic carbocycles. The van der Waals surface area contributed by atoms with Gasteiger partial charge in [-0.25, -0.2) is 0 Å². The molecule has 6 atom stereocenters. The van der Waals surface area contributed by atoms with Gasteiger partial charge in [0.2, 0.25) is 12.0 Å². The van der Waals surface area contributed by atoms with Gasteiger partial charge in [0.05, 0.1) is 25.6 Å². The highest BCUT2D eigenvalue weighted by atomic mass is 16.7. The summed E-state index contributed by atoms with van der Waals surface area (Å²) in [5.41, 5.74) is -2.67. The fourth-order valence-corrected chi connectivity index (χ4v) is 4.53.